The molecule has 1 unspecified atom stereocenters. The van der Waals surface area contributed by atoms with Crippen LogP contribution in [0, 0.1) is 0 Å². The van der Waals surface area contributed by atoms with Gasteiger partial charge in [-0.15, -0.1) is 0 Å². The van der Waals surface area contributed by atoms with Gasteiger partial charge in [0, 0.05) is 5.56 Å². The van der Waals surface area contributed by atoms with E-state index in [9.17, 15) is 13.5 Å². The molecule has 1 atom stereocenters. The van der Waals surface area contributed by atoms with Crippen LogP contribution in [0.1, 0.15) is 16.7 Å². The van der Waals surface area contributed by atoms with Gasteiger partial charge in [-0.25, -0.2) is 23.0 Å². The molecular weight excluding hydrogens is 558 g/mol. The number of nitrogens with two attached hydrogens (primary N) is 1. The average Bonchev–Trinajstić information content (AvgIpc) is 3.09. The van der Waals surface area contributed by atoms with Gasteiger partial charge in [0.1, 0.15) is 18.0 Å². The molecule has 6 nitrogen and oxygen atoms in total. The normalized spacial score (nSPS) is 18.0. The zero-order valence-corrected chi connectivity index (χ0v) is 22.4. The summed E-state index contributed by atoms with van der Waals surface area (Å²) in [5, 5.41) is 17.9. The molecule has 180 valence electrons. The maximum atomic E-state index is 12.0. The van der Waals surface area contributed by atoms with E-state index in [4.69, 9.17) is 16.7 Å². The molecule has 3 aromatic rings. The zero-order valence-electron chi connectivity index (χ0n) is 18.4. The number of benzene rings is 3. The Morgan fingerprint density at radius 3 is 2.06 bits per heavy atom. The van der Waals surface area contributed by atoms with Gasteiger partial charge in [0.2, 0.25) is 15.7 Å². The molecule has 10 heteroatoms. The van der Waals surface area contributed by atoms with Gasteiger partial charge < -0.3 is 22.1 Å². The van der Waals surface area contributed by atoms with E-state index in [0.29, 0.717) is 24.4 Å². The minimum Gasteiger partial charge on any atom is -1.00 e. The van der Waals surface area contributed by atoms with Gasteiger partial charge in [-0.2, -0.15) is 0 Å². The van der Waals surface area contributed by atoms with Crippen molar-refractivity contribution in [3.8, 4) is 0 Å². The summed E-state index contributed by atoms with van der Waals surface area (Å²) in [6, 6.07) is 24.7. The van der Waals surface area contributed by atoms with Gasteiger partial charge in [-0.05, 0) is 35.0 Å². The summed E-state index contributed by atoms with van der Waals surface area (Å²) in [4.78, 5) is 1.59. The van der Waals surface area contributed by atoms with Gasteiger partial charge >= 0.3 is 5.17 Å². The van der Waals surface area contributed by atoms with Gasteiger partial charge in [0.25, 0.3) is 0 Å². The first-order valence-electron chi connectivity index (χ1n) is 10.3. The molecule has 0 saturated carbocycles. The number of thioether (sulfide) groups is 1. The van der Waals surface area contributed by atoms with Crippen molar-refractivity contribution in [2.24, 2.45) is 5.14 Å². The van der Waals surface area contributed by atoms with E-state index in [0.717, 1.165) is 16.3 Å². The smallest absolute Gasteiger partial charge is 0.311 e. The van der Waals surface area contributed by atoms with Gasteiger partial charge in [0.15, 0.2) is 0 Å². The molecule has 0 spiro atoms. The molecule has 34 heavy (non-hydrogen) atoms. The maximum absolute atomic E-state index is 12.0. The second-order valence-electron chi connectivity index (χ2n) is 7.96. The molecule has 1 fully saturated rings. The Bertz CT molecular complexity index is 1250. The number of rotatable bonds is 6. The third kappa shape index (κ3) is 5.67. The van der Waals surface area contributed by atoms with Gasteiger partial charge in [0.05, 0.1) is 17.8 Å². The van der Waals surface area contributed by atoms with Crippen LogP contribution in [-0.2, 0) is 28.8 Å². The Morgan fingerprint density at radius 2 is 1.56 bits per heavy atom. The lowest BCUT2D eigenvalue weighted by Gasteiger charge is -2.27. The number of sulfonamides is 1. The van der Waals surface area contributed by atoms with E-state index >= 15 is 0 Å². The first-order chi connectivity index (χ1) is 15.7. The lowest BCUT2D eigenvalue weighted by molar-refractivity contribution is -0.562. The van der Waals surface area contributed by atoms with Crippen LogP contribution in [0.2, 0.25) is 5.02 Å². The van der Waals surface area contributed by atoms with E-state index in [1.54, 1.807) is 11.0 Å². The predicted molar refractivity (Wildman–Crippen MR) is 133 cm³/mol. The van der Waals surface area contributed by atoms with Crippen LogP contribution >= 0.6 is 23.4 Å². The molecule has 3 N–H and O–H groups in total. The SMILES string of the molecule is CN1C(=[N+](Cc2ccccc2)Cc2ccccc2)SCC1(O)c1ccc(Cl)c(S(N)(=O)=O)c1.[Br-]. The Labute approximate surface area is 219 Å². The van der Waals surface area contributed by atoms with Crippen molar-refractivity contribution < 1.29 is 35.1 Å². The first kappa shape index (κ1) is 26.7. The van der Waals surface area contributed by atoms with Crippen molar-refractivity contribution in [1.29, 1.82) is 0 Å². The third-order valence-corrected chi connectivity index (χ3v) is 8.38. The first-order valence-corrected chi connectivity index (χ1v) is 13.2. The summed E-state index contributed by atoms with van der Waals surface area (Å²) in [5.74, 6) is 0.324. The van der Waals surface area contributed by atoms with Crippen LogP contribution in [-0.4, -0.2) is 41.0 Å². The van der Waals surface area contributed by atoms with Crippen molar-refractivity contribution in [3.05, 3.63) is 101 Å². The molecule has 3 aromatic carbocycles. The predicted octanol–water partition coefficient (Wildman–Crippen LogP) is 0.584. The molecule has 0 aromatic heterocycles. The zero-order chi connectivity index (χ0) is 23.6. The monoisotopic (exact) mass is 581 g/mol. The molecule has 0 radical (unpaired) electrons. The summed E-state index contributed by atoms with van der Waals surface area (Å²) >= 11 is 7.58. The highest BCUT2D eigenvalue weighted by Gasteiger charge is 2.50. The summed E-state index contributed by atoms with van der Waals surface area (Å²) < 4.78 is 26.1. The number of primary sulfonamides is 1. The van der Waals surface area contributed by atoms with Crippen LogP contribution < -0.4 is 22.1 Å². The van der Waals surface area contributed by atoms with Crippen LogP contribution in [0.5, 0.6) is 0 Å². The summed E-state index contributed by atoms with van der Waals surface area (Å²) in [6.07, 6.45) is 0. The molecule has 1 aliphatic rings. The second-order valence-corrected chi connectivity index (χ2v) is 10.8. The minimum absolute atomic E-state index is 0. The molecule has 1 saturated heterocycles. The van der Waals surface area contributed by atoms with Crippen molar-refractivity contribution in [3.63, 3.8) is 0 Å². The van der Waals surface area contributed by atoms with Gasteiger partial charge in [-0.3, -0.25) is 0 Å². The van der Waals surface area contributed by atoms with Crippen LogP contribution in [0.15, 0.2) is 83.8 Å². The fourth-order valence-corrected chi connectivity index (χ4v) is 6.28. The van der Waals surface area contributed by atoms with Crippen LogP contribution in [0.4, 0.5) is 0 Å². The topological polar surface area (TPSA) is 86.6 Å². The molecule has 1 heterocycles. The van der Waals surface area contributed by atoms with E-state index in [1.165, 1.54) is 23.9 Å². The van der Waals surface area contributed by atoms with Crippen LogP contribution in [0.3, 0.4) is 0 Å². The summed E-state index contributed by atoms with van der Waals surface area (Å²) in [6.45, 7) is 1.31. The van der Waals surface area contributed by atoms with E-state index in [1.807, 2.05) is 43.4 Å². The highest BCUT2D eigenvalue weighted by Crippen LogP contribution is 2.39. The third-order valence-electron chi connectivity index (χ3n) is 5.65. The lowest BCUT2D eigenvalue weighted by Crippen LogP contribution is -3.00. The average molecular weight is 583 g/mol. The lowest BCUT2D eigenvalue weighted by atomic mass is 10.0. The number of halogens is 2. The van der Waals surface area contributed by atoms with Crippen molar-refractivity contribution in [2.45, 2.75) is 23.7 Å². The largest absolute Gasteiger partial charge is 1.00 e. The number of nitrogens with zero attached hydrogens (tertiary/aromatic N) is 2. The molecule has 0 amide bonds. The molecule has 0 bridgehead atoms. The Morgan fingerprint density at radius 1 is 1.03 bits per heavy atom. The quantitative estimate of drug-likeness (QED) is 0.416. The second kappa shape index (κ2) is 10.8. The van der Waals surface area contributed by atoms with Crippen molar-refractivity contribution in [2.75, 3.05) is 12.8 Å². The minimum atomic E-state index is -4.03. The number of aliphatic hydroxyl groups is 1. The molecule has 4 rings (SSSR count). The van der Waals surface area contributed by atoms with E-state index in [2.05, 4.69) is 28.8 Å². The maximum Gasteiger partial charge on any atom is 0.311 e. The van der Waals surface area contributed by atoms with Crippen molar-refractivity contribution in [1.82, 2.24) is 4.90 Å². The fraction of sp³-hybridized carbons (Fsp3) is 0.208. The number of hydrogen-bond acceptors (Lipinski definition) is 4. The number of amidine groups is 1. The van der Waals surface area contributed by atoms with Crippen LogP contribution in [0.25, 0.3) is 0 Å². The van der Waals surface area contributed by atoms with E-state index in [-0.39, 0.29) is 26.9 Å². The highest BCUT2D eigenvalue weighted by molar-refractivity contribution is 8.13. The summed E-state index contributed by atoms with van der Waals surface area (Å²) in [7, 11) is -2.22. The Hall–Kier alpha value is -1.88. The summed E-state index contributed by atoms with van der Waals surface area (Å²) in [5.41, 5.74) is 1.29. The van der Waals surface area contributed by atoms with Crippen molar-refractivity contribution >= 4 is 38.6 Å². The number of hydrogen-bond donors (Lipinski definition) is 2. The molecule has 0 aliphatic carbocycles. The highest BCUT2D eigenvalue weighted by atomic mass is 79.9. The van der Waals surface area contributed by atoms with E-state index < -0.39 is 15.7 Å². The van der Waals surface area contributed by atoms with Gasteiger partial charge in [-0.1, -0.05) is 78.3 Å². The fourth-order valence-electron chi connectivity index (χ4n) is 3.87. The Kier molecular flexibility index (Phi) is 8.49. The molecular formula is C24H25BrClN3O3S2. The Balaban J connectivity index is 0.00000324. The standard InChI is InChI=1S/C24H25ClN3O3S2.BrH/c1-27-23(28(15-18-8-4-2-5-9-18)16-19-10-6-3-7-11-19)32-17-24(27,29)20-12-13-21(25)22(14-20)33(26,30)31;/h2-14,29H,15-17H2,1H3,(H2,26,30,31);1H/q+1;/p-1. The molecule has 1 aliphatic heterocycles.